The van der Waals surface area contributed by atoms with Crippen LogP contribution in [0.5, 0.6) is 0 Å². The fourth-order valence-corrected chi connectivity index (χ4v) is 2.20. The average molecular weight is 338 g/mol. The standard InChI is InChI=1S/C20H22N2O3/c1-4-13(2)21-19(24)16-6-5-7-17(12-16)20(25)22-18-10-8-15(9-11-18)14(3)23/h5-13H,4H2,1-3H3,(H,21,24)(H,22,25). The third-order valence-corrected chi connectivity index (χ3v) is 3.93. The van der Waals surface area contributed by atoms with Crippen LogP contribution in [0.15, 0.2) is 48.5 Å². The van der Waals surface area contributed by atoms with Crippen LogP contribution in [0.3, 0.4) is 0 Å². The summed E-state index contributed by atoms with van der Waals surface area (Å²) in [5, 5.41) is 5.64. The minimum absolute atomic E-state index is 0.0297. The highest BCUT2D eigenvalue weighted by molar-refractivity contribution is 6.06. The van der Waals surface area contributed by atoms with Gasteiger partial charge in [0.05, 0.1) is 0 Å². The lowest BCUT2D eigenvalue weighted by Crippen LogP contribution is -2.32. The summed E-state index contributed by atoms with van der Waals surface area (Å²) in [5.41, 5.74) is 2.01. The second-order valence-electron chi connectivity index (χ2n) is 5.95. The Morgan fingerprint density at radius 1 is 0.920 bits per heavy atom. The van der Waals surface area contributed by atoms with Gasteiger partial charge >= 0.3 is 0 Å². The highest BCUT2D eigenvalue weighted by Gasteiger charge is 2.12. The molecule has 0 aromatic heterocycles. The third kappa shape index (κ3) is 5.01. The fraction of sp³-hybridized carbons (Fsp3) is 0.250. The summed E-state index contributed by atoms with van der Waals surface area (Å²) in [4.78, 5) is 35.8. The van der Waals surface area contributed by atoms with Gasteiger partial charge in [-0.25, -0.2) is 0 Å². The monoisotopic (exact) mass is 338 g/mol. The SMILES string of the molecule is CCC(C)NC(=O)c1cccc(C(=O)Nc2ccc(C(C)=O)cc2)c1. The zero-order valence-electron chi connectivity index (χ0n) is 14.6. The van der Waals surface area contributed by atoms with E-state index >= 15 is 0 Å². The maximum Gasteiger partial charge on any atom is 0.255 e. The zero-order valence-corrected chi connectivity index (χ0v) is 14.6. The number of hydrogen-bond acceptors (Lipinski definition) is 3. The molecule has 0 fully saturated rings. The van der Waals surface area contributed by atoms with Crippen molar-refractivity contribution >= 4 is 23.3 Å². The summed E-state index contributed by atoms with van der Waals surface area (Å²) in [7, 11) is 0. The van der Waals surface area contributed by atoms with Gasteiger partial charge in [-0.1, -0.05) is 13.0 Å². The van der Waals surface area contributed by atoms with Crippen LogP contribution < -0.4 is 10.6 Å². The molecule has 0 aliphatic heterocycles. The number of amides is 2. The van der Waals surface area contributed by atoms with Gasteiger partial charge in [0, 0.05) is 28.4 Å². The number of carbonyl (C=O) groups excluding carboxylic acids is 3. The van der Waals surface area contributed by atoms with Gasteiger partial charge in [0.1, 0.15) is 0 Å². The van der Waals surface area contributed by atoms with E-state index in [1.807, 2.05) is 13.8 Å². The van der Waals surface area contributed by atoms with Crippen molar-refractivity contribution in [3.05, 3.63) is 65.2 Å². The molecule has 1 unspecified atom stereocenters. The van der Waals surface area contributed by atoms with Crippen LogP contribution in [-0.4, -0.2) is 23.6 Å². The van der Waals surface area contributed by atoms with Gasteiger partial charge in [-0.05, 0) is 62.7 Å². The summed E-state index contributed by atoms with van der Waals surface area (Å²) < 4.78 is 0. The van der Waals surface area contributed by atoms with Gasteiger partial charge in [0.15, 0.2) is 5.78 Å². The van der Waals surface area contributed by atoms with Crippen molar-refractivity contribution in [3.8, 4) is 0 Å². The molecule has 0 radical (unpaired) electrons. The third-order valence-electron chi connectivity index (χ3n) is 3.93. The zero-order chi connectivity index (χ0) is 18.4. The molecule has 0 saturated heterocycles. The predicted molar refractivity (Wildman–Crippen MR) is 98.1 cm³/mol. The van der Waals surface area contributed by atoms with Gasteiger partial charge in [-0.15, -0.1) is 0 Å². The van der Waals surface area contributed by atoms with E-state index in [1.165, 1.54) is 6.92 Å². The number of ketones is 1. The fourth-order valence-electron chi connectivity index (χ4n) is 2.20. The molecule has 0 heterocycles. The number of benzene rings is 2. The number of rotatable bonds is 6. The maximum atomic E-state index is 12.4. The van der Waals surface area contributed by atoms with Crippen LogP contribution in [0.1, 0.15) is 58.3 Å². The Kier molecular flexibility index (Phi) is 6.06. The first-order valence-electron chi connectivity index (χ1n) is 8.24. The number of Topliss-reactive ketones (excluding diaryl/α,β-unsaturated/α-hetero) is 1. The summed E-state index contributed by atoms with van der Waals surface area (Å²) in [5.74, 6) is -0.540. The molecule has 2 N–H and O–H groups in total. The number of anilines is 1. The lowest BCUT2D eigenvalue weighted by atomic mass is 10.1. The molecule has 25 heavy (non-hydrogen) atoms. The van der Waals surface area contributed by atoms with Gasteiger partial charge in [0.2, 0.25) is 0 Å². The minimum atomic E-state index is -0.311. The van der Waals surface area contributed by atoms with Crippen LogP contribution >= 0.6 is 0 Å². The number of hydrogen-bond donors (Lipinski definition) is 2. The second kappa shape index (κ2) is 8.24. The molecule has 0 aliphatic rings. The molecule has 0 bridgehead atoms. The van der Waals surface area contributed by atoms with E-state index in [0.717, 1.165) is 6.42 Å². The molecular formula is C20H22N2O3. The van der Waals surface area contributed by atoms with E-state index in [0.29, 0.717) is 22.4 Å². The first kappa shape index (κ1) is 18.4. The average Bonchev–Trinajstić information content (AvgIpc) is 2.62. The molecule has 5 heteroatoms. The quantitative estimate of drug-likeness (QED) is 0.789. The van der Waals surface area contributed by atoms with Gasteiger partial charge in [-0.2, -0.15) is 0 Å². The Morgan fingerprint density at radius 2 is 1.52 bits per heavy atom. The summed E-state index contributed by atoms with van der Waals surface area (Å²) in [6.45, 7) is 5.41. The van der Waals surface area contributed by atoms with Crippen molar-refractivity contribution in [3.63, 3.8) is 0 Å². The Hall–Kier alpha value is -2.95. The van der Waals surface area contributed by atoms with Crippen LogP contribution in [-0.2, 0) is 0 Å². The minimum Gasteiger partial charge on any atom is -0.350 e. The maximum absolute atomic E-state index is 12.4. The molecule has 2 amide bonds. The van der Waals surface area contributed by atoms with E-state index in [9.17, 15) is 14.4 Å². The predicted octanol–water partition coefficient (Wildman–Crippen LogP) is 3.67. The van der Waals surface area contributed by atoms with Crippen LogP contribution in [0, 0.1) is 0 Å². The van der Waals surface area contributed by atoms with Crippen LogP contribution in [0.25, 0.3) is 0 Å². The van der Waals surface area contributed by atoms with E-state index in [2.05, 4.69) is 10.6 Å². The highest BCUT2D eigenvalue weighted by atomic mass is 16.2. The van der Waals surface area contributed by atoms with Gasteiger partial charge < -0.3 is 10.6 Å². The van der Waals surface area contributed by atoms with Crippen molar-refractivity contribution in [1.82, 2.24) is 5.32 Å². The highest BCUT2D eigenvalue weighted by Crippen LogP contribution is 2.13. The smallest absolute Gasteiger partial charge is 0.255 e. The summed E-state index contributed by atoms with van der Waals surface area (Å²) >= 11 is 0. The molecule has 130 valence electrons. The molecule has 2 aromatic rings. The molecule has 0 saturated carbocycles. The van der Waals surface area contributed by atoms with E-state index in [4.69, 9.17) is 0 Å². The Bertz CT molecular complexity index is 782. The van der Waals surface area contributed by atoms with E-state index < -0.39 is 0 Å². The molecule has 0 spiro atoms. The largest absolute Gasteiger partial charge is 0.350 e. The number of carbonyl (C=O) groups is 3. The lowest BCUT2D eigenvalue weighted by molar-refractivity contribution is 0.0938. The number of nitrogens with one attached hydrogen (secondary N) is 2. The van der Waals surface area contributed by atoms with Crippen LogP contribution in [0.4, 0.5) is 5.69 Å². The Labute approximate surface area is 147 Å². The van der Waals surface area contributed by atoms with E-state index in [1.54, 1.807) is 48.5 Å². The van der Waals surface area contributed by atoms with Crippen LogP contribution in [0.2, 0.25) is 0 Å². The first-order valence-corrected chi connectivity index (χ1v) is 8.24. The molecule has 5 nitrogen and oxygen atoms in total. The van der Waals surface area contributed by atoms with Gasteiger partial charge in [-0.3, -0.25) is 14.4 Å². The van der Waals surface area contributed by atoms with Crippen molar-refractivity contribution < 1.29 is 14.4 Å². The van der Waals surface area contributed by atoms with Crippen molar-refractivity contribution in [2.24, 2.45) is 0 Å². The summed E-state index contributed by atoms with van der Waals surface area (Å²) in [6, 6.07) is 13.3. The van der Waals surface area contributed by atoms with E-state index in [-0.39, 0.29) is 23.6 Å². The molecule has 1 atom stereocenters. The van der Waals surface area contributed by atoms with Crippen molar-refractivity contribution in [2.45, 2.75) is 33.2 Å². The van der Waals surface area contributed by atoms with Crippen molar-refractivity contribution in [1.29, 1.82) is 0 Å². The molecule has 0 aliphatic carbocycles. The Morgan fingerprint density at radius 3 is 2.08 bits per heavy atom. The molecule has 2 rings (SSSR count). The molecule has 2 aromatic carbocycles. The summed E-state index contributed by atoms with van der Waals surface area (Å²) in [6.07, 6.45) is 0.835. The van der Waals surface area contributed by atoms with Gasteiger partial charge in [0.25, 0.3) is 11.8 Å². The second-order valence-corrected chi connectivity index (χ2v) is 5.95. The lowest BCUT2D eigenvalue weighted by Gasteiger charge is -2.12. The Balaban J connectivity index is 2.10. The molecular weight excluding hydrogens is 316 g/mol. The normalized spacial score (nSPS) is 11.5. The first-order chi connectivity index (χ1) is 11.9. The topological polar surface area (TPSA) is 75.3 Å². The van der Waals surface area contributed by atoms with Crippen molar-refractivity contribution in [2.75, 3.05) is 5.32 Å².